The standard InChI is InChI=1S/C42H38O8/c43-33-5-1-3-27(15-33)7-10-30-17-35(45)24-37(19-30)49-39-21-32(12-9-29-13-14-41(47)42(48)23-29)22-40(26-39)50-38-20-31(18-36(46)25-38)11-8-28-4-2-6-34(44)16-28/h1-6,13-26,43-48H,7-12H2. The summed E-state index contributed by atoms with van der Waals surface area (Å²) in [7, 11) is 0. The number of aromatic hydroxyl groups is 6. The van der Waals surface area contributed by atoms with E-state index in [0.29, 0.717) is 61.5 Å². The first kappa shape index (κ1) is 33.6. The summed E-state index contributed by atoms with van der Waals surface area (Å²) in [4.78, 5) is 0. The number of benzene rings is 6. The van der Waals surface area contributed by atoms with E-state index < -0.39 is 0 Å². The average molecular weight is 671 g/mol. The van der Waals surface area contributed by atoms with Crippen LogP contribution in [0.25, 0.3) is 0 Å². The lowest BCUT2D eigenvalue weighted by Gasteiger charge is -2.14. The van der Waals surface area contributed by atoms with Crippen molar-refractivity contribution < 1.29 is 40.1 Å². The molecule has 254 valence electrons. The topological polar surface area (TPSA) is 140 Å². The Morgan fingerprint density at radius 3 is 1.12 bits per heavy atom. The lowest BCUT2D eigenvalue weighted by molar-refractivity contribution is 0.403. The number of hydrogen-bond acceptors (Lipinski definition) is 8. The molecule has 8 nitrogen and oxygen atoms in total. The Morgan fingerprint density at radius 2 is 0.680 bits per heavy atom. The van der Waals surface area contributed by atoms with Gasteiger partial charge in [-0.1, -0.05) is 30.3 Å². The predicted molar refractivity (Wildman–Crippen MR) is 191 cm³/mol. The van der Waals surface area contributed by atoms with Crippen LogP contribution in [0.5, 0.6) is 57.5 Å². The summed E-state index contributed by atoms with van der Waals surface area (Å²) in [5.41, 5.74) is 5.38. The van der Waals surface area contributed by atoms with Gasteiger partial charge in [-0.25, -0.2) is 0 Å². The summed E-state index contributed by atoms with van der Waals surface area (Å²) in [6.07, 6.45) is 3.69. The molecule has 0 radical (unpaired) electrons. The zero-order chi connectivity index (χ0) is 35.0. The van der Waals surface area contributed by atoms with Crippen LogP contribution in [0, 0.1) is 0 Å². The van der Waals surface area contributed by atoms with Crippen LogP contribution in [0.1, 0.15) is 33.4 Å². The lowest BCUT2D eigenvalue weighted by atomic mass is 10.0. The van der Waals surface area contributed by atoms with Crippen molar-refractivity contribution in [2.75, 3.05) is 0 Å². The van der Waals surface area contributed by atoms with Gasteiger partial charge in [0.25, 0.3) is 0 Å². The third-order valence-electron chi connectivity index (χ3n) is 8.28. The molecule has 0 atom stereocenters. The lowest BCUT2D eigenvalue weighted by Crippen LogP contribution is -1.96. The van der Waals surface area contributed by atoms with E-state index in [1.165, 1.54) is 24.3 Å². The molecular formula is C42H38O8. The van der Waals surface area contributed by atoms with Gasteiger partial charge in [0, 0.05) is 18.2 Å². The number of phenols is 6. The van der Waals surface area contributed by atoms with Gasteiger partial charge in [0.1, 0.15) is 46.0 Å². The number of ether oxygens (including phenoxy) is 2. The Kier molecular flexibility index (Phi) is 10.3. The Labute approximate surface area is 290 Å². The first-order chi connectivity index (χ1) is 24.1. The van der Waals surface area contributed by atoms with Crippen molar-refractivity contribution in [1.82, 2.24) is 0 Å². The molecule has 0 bridgehead atoms. The summed E-state index contributed by atoms with van der Waals surface area (Å²) >= 11 is 0. The van der Waals surface area contributed by atoms with Crippen LogP contribution in [0.3, 0.4) is 0 Å². The SMILES string of the molecule is Oc1cccc(CCc2cc(O)cc(Oc3cc(CCc4ccc(O)c(O)c4)cc(Oc4cc(O)cc(CCc5cccc(O)c5)c4)c3)c2)c1. The molecule has 0 fully saturated rings. The molecule has 0 heterocycles. The Balaban J connectivity index is 1.24. The molecule has 0 aromatic heterocycles. The van der Waals surface area contributed by atoms with Crippen molar-refractivity contribution in [1.29, 1.82) is 0 Å². The zero-order valence-electron chi connectivity index (χ0n) is 27.3. The summed E-state index contributed by atoms with van der Waals surface area (Å²) < 4.78 is 12.6. The van der Waals surface area contributed by atoms with Crippen LogP contribution in [-0.4, -0.2) is 30.6 Å². The Hall–Kier alpha value is -6.28. The van der Waals surface area contributed by atoms with Gasteiger partial charge in [-0.05, 0) is 145 Å². The van der Waals surface area contributed by atoms with Crippen LogP contribution in [0.4, 0.5) is 0 Å². The first-order valence-corrected chi connectivity index (χ1v) is 16.4. The van der Waals surface area contributed by atoms with Crippen LogP contribution < -0.4 is 9.47 Å². The fourth-order valence-corrected chi connectivity index (χ4v) is 5.87. The minimum atomic E-state index is -0.184. The molecular weight excluding hydrogens is 632 g/mol. The summed E-state index contributed by atoms with van der Waals surface area (Å²) in [6, 6.07) is 34.6. The maximum atomic E-state index is 10.5. The largest absolute Gasteiger partial charge is 0.508 e. The van der Waals surface area contributed by atoms with Crippen molar-refractivity contribution in [3.05, 3.63) is 155 Å². The number of phenolic OH excluding ortho intramolecular Hbond substituents is 6. The molecule has 0 unspecified atom stereocenters. The fourth-order valence-electron chi connectivity index (χ4n) is 5.87. The maximum Gasteiger partial charge on any atom is 0.157 e. The molecule has 0 spiro atoms. The fraction of sp³-hybridized carbons (Fsp3) is 0.143. The third-order valence-corrected chi connectivity index (χ3v) is 8.28. The van der Waals surface area contributed by atoms with Gasteiger partial charge in [0.05, 0.1) is 0 Å². The second-order valence-corrected chi connectivity index (χ2v) is 12.3. The highest BCUT2D eigenvalue weighted by Gasteiger charge is 2.11. The third kappa shape index (κ3) is 9.41. The number of aryl methyl sites for hydroxylation is 6. The second-order valence-electron chi connectivity index (χ2n) is 12.3. The number of hydrogen-bond donors (Lipinski definition) is 6. The molecule has 0 saturated heterocycles. The van der Waals surface area contributed by atoms with Gasteiger partial charge in [0.15, 0.2) is 11.5 Å². The van der Waals surface area contributed by atoms with E-state index in [0.717, 1.165) is 33.4 Å². The molecule has 6 rings (SSSR count). The van der Waals surface area contributed by atoms with E-state index in [9.17, 15) is 30.6 Å². The summed E-state index contributed by atoms with van der Waals surface area (Å²) in [5, 5.41) is 60.4. The van der Waals surface area contributed by atoms with Crippen molar-refractivity contribution in [2.45, 2.75) is 38.5 Å². The van der Waals surface area contributed by atoms with Crippen LogP contribution >= 0.6 is 0 Å². The van der Waals surface area contributed by atoms with Crippen molar-refractivity contribution >= 4 is 0 Å². The highest BCUT2D eigenvalue weighted by molar-refractivity contribution is 5.47. The molecule has 0 amide bonds. The van der Waals surface area contributed by atoms with E-state index in [-0.39, 0.29) is 34.5 Å². The van der Waals surface area contributed by atoms with Gasteiger partial charge in [0.2, 0.25) is 0 Å². The van der Waals surface area contributed by atoms with Gasteiger partial charge >= 0.3 is 0 Å². The average Bonchev–Trinajstić information content (AvgIpc) is 3.06. The molecule has 6 N–H and O–H groups in total. The van der Waals surface area contributed by atoms with E-state index >= 15 is 0 Å². The van der Waals surface area contributed by atoms with Crippen molar-refractivity contribution in [3.63, 3.8) is 0 Å². The zero-order valence-corrected chi connectivity index (χ0v) is 27.3. The minimum Gasteiger partial charge on any atom is -0.508 e. The summed E-state index contributed by atoms with van der Waals surface area (Å²) in [5.74, 6) is 1.99. The highest BCUT2D eigenvalue weighted by atomic mass is 16.5. The molecule has 0 aliphatic rings. The van der Waals surface area contributed by atoms with Crippen LogP contribution in [-0.2, 0) is 38.5 Å². The van der Waals surface area contributed by atoms with Crippen molar-refractivity contribution in [3.8, 4) is 57.5 Å². The van der Waals surface area contributed by atoms with Gasteiger partial charge in [-0.3, -0.25) is 0 Å². The second kappa shape index (κ2) is 15.3. The normalized spacial score (nSPS) is 11.0. The van der Waals surface area contributed by atoms with E-state index in [1.807, 2.05) is 36.4 Å². The van der Waals surface area contributed by atoms with Gasteiger partial charge < -0.3 is 40.1 Å². The molecule has 0 aliphatic carbocycles. The predicted octanol–water partition coefficient (Wildman–Crippen LogP) is 8.86. The smallest absolute Gasteiger partial charge is 0.157 e. The van der Waals surface area contributed by atoms with Crippen molar-refractivity contribution in [2.24, 2.45) is 0 Å². The van der Waals surface area contributed by atoms with E-state index in [1.54, 1.807) is 60.7 Å². The summed E-state index contributed by atoms with van der Waals surface area (Å²) in [6.45, 7) is 0. The molecule has 0 aliphatic heterocycles. The van der Waals surface area contributed by atoms with Crippen LogP contribution in [0.2, 0.25) is 0 Å². The number of rotatable bonds is 13. The molecule has 6 aromatic rings. The van der Waals surface area contributed by atoms with Crippen LogP contribution in [0.15, 0.2) is 121 Å². The maximum absolute atomic E-state index is 10.5. The van der Waals surface area contributed by atoms with E-state index in [2.05, 4.69) is 0 Å². The van der Waals surface area contributed by atoms with E-state index in [4.69, 9.17) is 9.47 Å². The molecule has 50 heavy (non-hydrogen) atoms. The quantitative estimate of drug-likeness (QED) is 0.0670. The Morgan fingerprint density at radius 1 is 0.300 bits per heavy atom. The molecule has 6 aromatic carbocycles. The first-order valence-electron chi connectivity index (χ1n) is 16.4. The Bertz CT molecular complexity index is 1990. The van der Waals surface area contributed by atoms with Gasteiger partial charge in [-0.2, -0.15) is 0 Å². The highest BCUT2D eigenvalue weighted by Crippen LogP contribution is 2.35. The minimum absolute atomic E-state index is 0.0613. The molecule has 0 saturated carbocycles. The monoisotopic (exact) mass is 670 g/mol. The van der Waals surface area contributed by atoms with Gasteiger partial charge in [-0.15, -0.1) is 0 Å². The molecule has 8 heteroatoms.